The van der Waals surface area contributed by atoms with Crippen molar-refractivity contribution in [2.24, 2.45) is 5.18 Å². The van der Waals surface area contributed by atoms with Crippen molar-refractivity contribution in [1.29, 1.82) is 0 Å². The largest absolute Gasteiger partial charge is 0.507 e. The molecule has 1 rings (SSSR count). The van der Waals surface area contributed by atoms with Gasteiger partial charge in [0.25, 0.3) is 0 Å². The maximum absolute atomic E-state index is 12.0. The third kappa shape index (κ3) is 1.95. The Bertz CT molecular complexity index is 335. The zero-order valence-electron chi connectivity index (χ0n) is 6.17. The molecule has 0 aliphatic rings. The van der Waals surface area contributed by atoms with Crippen molar-refractivity contribution < 1.29 is 18.3 Å². The van der Waals surface area contributed by atoms with Gasteiger partial charge in [-0.2, -0.15) is 13.2 Å². The van der Waals surface area contributed by atoms with Gasteiger partial charge in [0.15, 0.2) is 0 Å². The van der Waals surface area contributed by atoms with Gasteiger partial charge >= 0.3 is 6.18 Å². The van der Waals surface area contributed by atoms with Crippen LogP contribution in [0.25, 0.3) is 0 Å². The maximum Gasteiger partial charge on any atom is 0.419 e. The number of aromatic hydroxyl groups is 1. The van der Waals surface area contributed by atoms with E-state index in [0.717, 1.165) is 6.07 Å². The average Bonchev–Trinajstić information content (AvgIpc) is 2.01. The van der Waals surface area contributed by atoms with Crippen LogP contribution < -0.4 is 0 Å². The van der Waals surface area contributed by atoms with Gasteiger partial charge in [-0.15, -0.1) is 4.91 Å². The first-order valence-electron chi connectivity index (χ1n) is 3.18. The molecule has 1 aromatic rings. The molecule has 0 aliphatic carbocycles. The van der Waals surface area contributed by atoms with Crippen molar-refractivity contribution in [1.82, 2.24) is 0 Å². The van der Waals surface area contributed by atoms with Crippen molar-refractivity contribution in [2.75, 3.05) is 0 Å². The van der Waals surface area contributed by atoms with E-state index in [2.05, 4.69) is 5.18 Å². The van der Waals surface area contributed by atoms with E-state index in [-0.39, 0.29) is 5.69 Å². The van der Waals surface area contributed by atoms with E-state index in [4.69, 9.17) is 5.11 Å². The third-order valence-electron chi connectivity index (χ3n) is 1.39. The summed E-state index contributed by atoms with van der Waals surface area (Å²) in [5.41, 5.74) is -1.43. The smallest absolute Gasteiger partial charge is 0.419 e. The molecule has 0 amide bonds. The van der Waals surface area contributed by atoms with Crippen LogP contribution in [-0.4, -0.2) is 5.11 Å². The molecular formula is C7H4F3NO2. The Morgan fingerprint density at radius 2 is 1.92 bits per heavy atom. The van der Waals surface area contributed by atoms with E-state index >= 15 is 0 Å². The van der Waals surface area contributed by atoms with Crippen molar-refractivity contribution in [3.05, 3.63) is 28.7 Å². The minimum Gasteiger partial charge on any atom is -0.507 e. The fourth-order valence-corrected chi connectivity index (χ4v) is 0.817. The molecule has 0 spiro atoms. The van der Waals surface area contributed by atoms with Crippen molar-refractivity contribution in [3.8, 4) is 5.75 Å². The van der Waals surface area contributed by atoms with Crippen LogP contribution in [0.3, 0.4) is 0 Å². The Morgan fingerprint density at radius 1 is 1.31 bits per heavy atom. The number of rotatable bonds is 1. The zero-order valence-corrected chi connectivity index (χ0v) is 6.17. The fraction of sp³-hybridized carbons (Fsp3) is 0.143. The second kappa shape index (κ2) is 3.04. The number of halogens is 3. The van der Waals surface area contributed by atoms with Crippen LogP contribution in [-0.2, 0) is 6.18 Å². The van der Waals surface area contributed by atoms with E-state index in [1.807, 2.05) is 0 Å². The summed E-state index contributed by atoms with van der Waals surface area (Å²) in [5.74, 6) is -0.996. The van der Waals surface area contributed by atoms with Crippen LogP contribution >= 0.6 is 0 Å². The van der Waals surface area contributed by atoms with Gasteiger partial charge in [-0.25, -0.2) is 0 Å². The molecule has 13 heavy (non-hydrogen) atoms. The molecular weight excluding hydrogens is 187 g/mol. The van der Waals surface area contributed by atoms with Crippen molar-refractivity contribution in [3.63, 3.8) is 0 Å². The first kappa shape index (κ1) is 9.50. The SMILES string of the molecule is O=Nc1ccc(C(F)(F)F)c(O)c1. The summed E-state index contributed by atoms with van der Waals surface area (Å²) < 4.78 is 36.0. The second-order valence-corrected chi connectivity index (χ2v) is 2.29. The Balaban J connectivity index is 3.20. The molecule has 0 fully saturated rings. The number of hydrogen-bond acceptors (Lipinski definition) is 3. The topological polar surface area (TPSA) is 49.7 Å². The monoisotopic (exact) mass is 191 g/mol. The van der Waals surface area contributed by atoms with E-state index < -0.39 is 17.5 Å². The van der Waals surface area contributed by atoms with Gasteiger partial charge in [0.2, 0.25) is 0 Å². The highest BCUT2D eigenvalue weighted by Crippen LogP contribution is 2.37. The van der Waals surface area contributed by atoms with E-state index in [1.54, 1.807) is 0 Å². The molecule has 0 saturated carbocycles. The molecule has 0 unspecified atom stereocenters. The number of alkyl halides is 3. The molecule has 1 N–H and O–H groups in total. The normalized spacial score (nSPS) is 11.3. The Kier molecular flexibility index (Phi) is 2.22. The number of nitroso groups, excluding NO2 is 1. The Hall–Kier alpha value is -1.59. The van der Waals surface area contributed by atoms with Crippen LogP contribution in [0.1, 0.15) is 5.56 Å². The lowest BCUT2D eigenvalue weighted by atomic mass is 10.2. The number of nitrogens with zero attached hydrogens (tertiary/aromatic N) is 1. The van der Waals surface area contributed by atoms with Gasteiger partial charge in [0, 0.05) is 6.07 Å². The van der Waals surface area contributed by atoms with Gasteiger partial charge in [-0.05, 0) is 17.3 Å². The molecule has 0 bridgehead atoms. The summed E-state index contributed by atoms with van der Waals surface area (Å²) in [5, 5.41) is 11.2. The van der Waals surface area contributed by atoms with E-state index in [0.29, 0.717) is 12.1 Å². The molecule has 0 aromatic heterocycles. The second-order valence-electron chi connectivity index (χ2n) is 2.29. The molecule has 0 radical (unpaired) electrons. The number of phenolic OH excluding ortho intramolecular Hbond substituents is 1. The molecule has 3 nitrogen and oxygen atoms in total. The fourth-order valence-electron chi connectivity index (χ4n) is 0.817. The number of phenols is 1. The molecule has 0 aliphatic heterocycles. The Morgan fingerprint density at radius 3 is 2.31 bits per heavy atom. The van der Waals surface area contributed by atoms with E-state index in [9.17, 15) is 18.1 Å². The maximum atomic E-state index is 12.0. The lowest BCUT2D eigenvalue weighted by molar-refractivity contribution is -0.138. The minimum absolute atomic E-state index is 0.245. The summed E-state index contributed by atoms with van der Waals surface area (Å²) in [6, 6.07) is 2.15. The predicted octanol–water partition coefficient (Wildman–Crippen LogP) is 2.81. The van der Waals surface area contributed by atoms with Crippen LogP contribution in [0.2, 0.25) is 0 Å². The predicted molar refractivity (Wildman–Crippen MR) is 38.6 cm³/mol. The summed E-state index contributed by atoms with van der Waals surface area (Å²) >= 11 is 0. The summed E-state index contributed by atoms with van der Waals surface area (Å²) in [4.78, 5) is 9.88. The lowest BCUT2D eigenvalue weighted by Gasteiger charge is -2.07. The molecule has 6 heteroatoms. The Labute approximate surface area is 70.8 Å². The lowest BCUT2D eigenvalue weighted by Crippen LogP contribution is -2.04. The van der Waals surface area contributed by atoms with Crippen LogP contribution in [0, 0.1) is 4.91 Å². The van der Waals surface area contributed by atoms with Gasteiger partial charge in [0.1, 0.15) is 11.4 Å². The first-order valence-corrected chi connectivity index (χ1v) is 3.18. The van der Waals surface area contributed by atoms with Crippen LogP contribution in [0.5, 0.6) is 5.75 Å². The molecule has 0 atom stereocenters. The highest BCUT2D eigenvalue weighted by molar-refractivity contribution is 5.48. The van der Waals surface area contributed by atoms with Gasteiger partial charge in [-0.3, -0.25) is 0 Å². The molecule has 0 saturated heterocycles. The quantitative estimate of drug-likeness (QED) is 0.693. The third-order valence-corrected chi connectivity index (χ3v) is 1.39. The number of hydrogen-bond donors (Lipinski definition) is 1. The van der Waals surface area contributed by atoms with Gasteiger partial charge in [-0.1, -0.05) is 0 Å². The van der Waals surface area contributed by atoms with Crippen molar-refractivity contribution >= 4 is 5.69 Å². The van der Waals surface area contributed by atoms with Crippen LogP contribution in [0.4, 0.5) is 18.9 Å². The molecule has 0 heterocycles. The van der Waals surface area contributed by atoms with Crippen molar-refractivity contribution in [2.45, 2.75) is 6.18 Å². The highest BCUT2D eigenvalue weighted by Gasteiger charge is 2.33. The number of benzene rings is 1. The first-order chi connectivity index (χ1) is 5.95. The van der Waals surface area contributed by atoms with Gasteiger partial charge < -0.3 is 5.11 Å². The molecule has 1 aromatic carbocycles. The van der Waals surface area contributed by atoms with Gasteiger partial charge in [0.05, 0.1) is 5.56 Å². The standard InChI is InChI=1S/C7H4F3NO2/c8-7(9,10)5-2-1-4(11-13)3-6(5)12/h1-3,12H. The van der Waals surface area contributed by atoms with E-state index in [1.165, 1.54) is 0 Å². The molecule has 70 valence electrons. The summed E-state index contributed by atoms with van der Waals surface area (Å²) in [6.45, 7) is 0. The minimum atomic E-state index is -4.62. The van der Waals surface area contributed by atoms with Crippen LogP contribution in [0.15, 0.2) is 23.4 Å². The summed E-state index contributed by atoms with van der Waals surface area (Å²) in [7, 11) is 0. The average molecular weight is 191 g/mol. The summed E-state index contributed by atoms with van der Waals surface area (Å²) in [6.07, 6.45) is -4.62. The zero-order chi connectivity index (χ0) is 10.1. The highest BCUT2D eigenvalue weighted by atomic mass is 19.4.